The molecule has 1 saturated heterocycles. The Bertz CT molecular complexity index is 713. The van der Waals surface area contributed by atoms with Crippen molar-refractivity contribution in [3.8, 4) is 5.75 Å². The summed E-state index contributed by atoms with van der Waals surface area (Å²) in [5.41, 5.74) is 0.524. The summed E-state index contributed by atoms with van der Waals surface area (Å²) in [4.78, 5) is 36.8. The van der Waals surface area contributed by atoms with Gasteiger partial charge in [0, 0.05) is 0 Å². The van der Waals surface area contributed by atoms with Gasteiger partial charge in [0.15, 0.2) is 0 Å². The molecule has 1 N–H and O–H groups in total. The number of carbonyl (C=O) groups excluding carboxylic acids is 3. The second-order valence-corrected chi connectivity index (χ2v) is 6.84. The molecule has 1 aliphatic heterocycles. The molecule has 0 bridgehead atoms. The number of methoxy groups -OCH3 is 1. The van der Waals surface area contributed by atoms with E-state index in [0.717, 1.165) is 16.7 Å². The molecule has 1 aromatic rings. The quantitative estimate of drug-likeness (QED) is 0.596. The minimum atomic E-state index is -1.01. The lowest BCUT2D eigenvalue weighted by Gasteiger charge is -2.18. The van der Waals surface area contributed by atoms with Gasteiger partial charge in [-0.05, 0) is 58.4 Å². The normalized spacial score (nSPS) is 17.7. The average Bonchev–Trinajstić information content (AvgIpc) is 2.77. The number of ether oxygens (including phenoxy) is 1. The Morgan fingerprint density at radius 2 is 2.13 bits per heavy atom. The van der Waals surface area contributed by atoms with E-state index in [9.17, 15) is 19.5 Å². The monoisotopic (exact) mass is 419 g/mol. The molecule has 1 aliphatic rings. The highest BCUT2D eigenvalue weighted by Crippen LogP contribution is 2.37. The van der Waals surface area contributed by atoms with Crippen molar-refractivity contribution in [2.24, 2.45) is 0 Å². The van der Waals surface area contributed by atoms with Crippen molar-refractivity contribution in [2.45, 2.75) is 13.0 Å². The van der Waals surface area contributed by atoms with E-state index in [1.54, 1.807) is 6.07 Å². The molecular weight excluding hydrogens is 410 g/mol. The SMILES string of the molecule is COC(=O)C(C)N1C(=O)S/C(=C\c2cc(Cl)c(O)c(Br)c2)C1=O. The van der Waals surface area contributed by atoms with Gasteiger partial charge in [-0.25, -0.2) is 4.79 Å². The van der Waals surface area contributed by atoms with E-state index in [2.05, 4.69) is 20.7 Å². The lowest BCUT2D eigenvalue weighted by molar-refractivity contribution is -0.148. The molecule has 0 spiro atoms. The number of phenolic OH excluding ortho intramolecular Hbond substituents is 1. The smallest absolute Gasteiger partial charge is 0.328 e. The van der Waals surface area contributed by atoms with Crippen LogP contribution in [0.2, 0.25) is 5.02 Å². The van der Waals surface area contributed by atoms with Gasteiger partial charge in [-0.1, -0.05) is 11.6 Å². The highest BCUT2D eigenvalue weighted by atomic mass is 79.9. The van der Waals surface area contributed by atoms with E-state index in [0.29, 0.717) is 10.0 Å². The topological polar surface area (TPSA) is 83.9 Å². The number of thioether (sulfide) groups is 1. The number of halogens is 2. The summed E-state index contributed by atoms with van der Waals surface area (Å²) in [6, 6.07) is 2.01. The first-order chi connectivity index (χ1) is 10.8. The third-order valence-corrected chi connectivity index (χ3v) is 4.87. The second kappa shape index (κ2) is 6.94. The summed E-state index contributed by atoms with van der Waals surface area (Å²) in [5.74, 6) is -1.38. The van der Waals surface area contributed by atoms with Crippen molar-refractivity contribution >= 4 is 62.5 Å². The molecule has 1 atom stereocenters. The largest absolute Gasteiger partial charge is 0.505 e. The molecule has 2 rings (SSSR count). The van der Waals surface area contributed by atoms with Crippen LogP contribution in [0.25, 0.3) is 6.08 Å². The number of hydrogen-bond donors (Lipinski definition) is 1. The third-order valence-electron chi connectivity index (χ3n) is 3.09. The standard InChI is InChI=1S/C14H11BrClNO5S/c1-6(13(20)22-2)17-12(19)10(23-14(17)21)5-7-3-8(15)11(18)9(16)4-7/h3-6,18H,1-2H3/b10-5-. The van der Waals surface area contributed by atoms with Gasteiger partial charge < -0.3 is 9.84 Å². The first-order valence-electron chi connectivity index (χ1n) is 6.29. The average molecular weight is 421 g/mol. The lowest BCUT2D eigenvalue weighted by atomic mass is 10.2. The zero-order valence-corrected chi connectivity index (χ0v) is 15.2. The first kappa shape index (κ1) is 17.8. The maximum absolute atomic E-state index is 12.3. The zero-order chi connectivity index (χ0) is 17.3. The van der Waals surface area contributed by atoms with Gasteiger partial charge in [-0.15, -0.1) is 0 Å². The van der Waals surface area contributed by atoms with Crippen LogP contribution in [0.15, 0.2) is 21.5 Å². The van der Waals surface area contributed by atoms with E-state index in [1.807, 2.05) is 0 Å². The first-order valence-corrected chi connectivity index (χ1v) is 8.28. The Morgan fingerprint density at radius 3 is 2.70 bits per heavy atom. The van der Waals surface area contributed by atoms with E-state index >= 15 is 0 Å². The van der Waals surface area contributed by atoms with Crippen LogP contribution < -0.4 is 0 Å². The number of aromatic hydroxyl groups is 1. The maximum atomic E-state index is 12.3. The summed E-state index contributed by atoms with van der Waals surface area (Å²) in [6.45, 7) is 1.42. The molecule has 0 saturated carbocycles. The Morgan fingerprint density at radius 1 is 1.48 bits per heavy atom. The number of carbonyl (C=O) groups is 3. The minimum Gasteiger partial charge on any atom is -0.505 e. The molecule has 1 unspecified atom stereocenters. The van der Waals surface area contributed by atoms with E-state index < -0.39 is 23.2 Å². The third kappa shape index (κ3) is 3.54. The molecule has 1 heterocycles. The highest BCUT2D eigenvalue weighted by molar-refractivity contribution is 9.10. The molecule has 0 aromatic heterocycles. The molecule has 122 valence electrons. The predicted octanol–water partition coefficient (Wildman–Crippen LogP) is 3.41. The van der Waals surface area contributed by atoms with E-state index in [-0.39, 0.29) is 15.7 Å². The van der Waals surface area contributed by atoms with Crippen molar-refractivity contribution in [1.82, 2.24) is 4.90 Å². The molecule has 0 radical (unpaired) electrons. The van der Waals surface area contributed by atoms with E-state index in [1.165, 1.54) is 26.2 Å². The lowest BCUT2D eigenvalue weighted by Crippen LogP contribution is -2.42. The zero-order valence-electron chi connectivity index (χ0n) is 12.0. The van der Waals surface area contributed by atoms with Crippen LogP contribution in [0.5, 0.6) is 5.75 Å². The number of nitrogens with zero attached hydrogens (tertiary/aromatic N) is 1. The molecule has 9 heteroatoms. The van der Waals surface area contributed by atoms with Gasteiger partial charge in [0.1, 0.15) is 11.8 Å². The summed E-state index contributed by atoms with van der Waals surface area (Å²) < 4.78 is 4.91. The summed E-state index contributed by atoms with van der Waals surface area (Å²) >= 11 is 9.73. The van der Waals surface area contributed by atoms with Gasteiger partial charge in [-0.2, -0.15) is 0 Å². The van der Waals surface area contributed by atoms with Gasteiger partial charge in [0.25, 0.3) is 11.1 Å². The van der Waals surface area contributed by atoms with Crippen molar-refractivity contribution in [1.29, 1.82) is 0 Å². The number of rotatable bonds is 3. The molecule has 6 nitrogen and oxygen atoms in total. The second-order valence-electron chi connectivity index (χ2n) is 4.58. The van der Waals surface area contributed by atoms with Crippen LogP contribution in [0, 0.1) is 0 Å². The van der Waals surface area contributed by atoms with Gasteiger partial charge in [0.2, 0.25) is 0 Å². The summed E-state index contributed by atoms with van der Waals surface area (Å²) in [5, 5.41) is 9.16. The van der Waals surface area contributed by atoms with Crippen LogP contribution in [-0.2, 0) is 14.3 Å². The van der Waals surface area contributed by atoms with Crippen molar-refractivity contribution in [3.05, 3.63) is 32.1 Å². The van der Waals surface area contributed by atoms with Crippen molar-refractivity contribution < 1.29 is 24.2 Å². The van der Waals surface area contributed by atoms with Crippen LogP contribution in [0.4, 0.5) is 4.79 Å². The van der Waals surface area contributed by atoms with Crippen LogP contribution in [0.3, 0.4) is 0 Å². The maximum Gasteiger partial charge on any atom is 0.328 e. The van der Waals surface area contributed by atoms with Gasteiger partial charge >= 0.3 is 5.97 Å². The number of esters is 1. The van der Waals surface area contributed by atoms with Crippen molar-refractivity contribution in [3.63, 3.8) is 0 Å². The van der Waals surface area contributed by atoms with Crippen molar-refractivity contribution in [2.75, 3.05) is 7.11 Å². The van der Waals surface area contributed by atoms with Gasteiger partial charge in [-0.3, -0.25) is 14.5 Å². The highest BCUT2D eigenvalue weighted by Gasteiger charge is 2.41. The fourth-order valence-corrected chi connectivity index (χ4v) is 3.64. The Kier molecular flexibility index (Phi) is 5.38. The van der Waals surface area contributed by atoms with Crippen LogP contribution in [0.1, 0.15) is 12.5 Å². The predicted molar refractivity (Wildman–Crippen MR) is 90.1 cm³/mol. The number of amides is 2. The number of imide groups is 1. The number of phenols is 1. The summed E-state index contributed by atoms with van der Waals surface area (Å²) in [6.07, 6.45) is 1.46. The molecule has 1 aromatic carbocycles. The Balaban J connectivity index is 2.34. The Hall–Kier alpha value is -1.51. The molecule has 1 fully saturated rings. The summed E-state index contributed by atoms with van der Waals surface area (Å²) in [7, 11) is 1.18. The van der Waals surface area contributed by atoms with Gasteiger partial charge in [0.05, 0.1) is 21.5 Å². The fourth-order valence-electron chi connectivity index (χ4n) is 1.91. The van der Waals surface area contributed by atoms with Crippen LogP contribution >= 0.6 is 39.3 Å². The molecule has 2 amide bonds. The van der Waals surface area contributed by atoms with Crippen LogP contribution in [-0.4, -0.2) is 40.3 Å². The Labute approximate surface area is 149 Å². The molecular formula is C14H11BrClNO5S. The number of benzene rings is 1. The van der Waals surface area contributed by atoms with E-state index in [4.69, 9.17) is 11.6 Å². The minimum absolute atomic E-state index is 0.104. The molecule has 0 aliphatic carbocycles. The number of hydrogen-bond acceptors (Lipinski definition) is 6. The fraction of sp³-hybridized carbons (Fsp3) is 0.214. The molecule has 23 heavy (non-hydrogen) atoms.